The maximum absolute atomic E-state index is 12.9. The van der Waals surface area contributed by atoms with Crippen LogP contribution >= 0.6 is 0 Å². The Bertz CT molecular complexity index is 633. The minimum atomic E-state index is -5.26. The molecule has 1 N–H and O–H groups in total. The van der Waals surface area contributed by atoms with Crippen molar-refractivity contribution in [3.05, 3.63) is 29.8 Å². The van der Waals surface area contributed by atoms with Gasteiger partial charge in [-0.2, -0.15) is 13.2 Å². The molecule has 1 unspecified atom stereocenters. The van der Waals surface area contributed by atoms with E-state index in [0.717, 1.165) is 12.1 Å². The number of rotatable bonds is 2. The van der Waals surface area contributed by atoms with Crippen LogP contribution in [0, 0.1) is 0 Å². The zero-order valence-corrected chi connectivity index (χ0v) is 10.3. The maximum atomic E-state index is 12.9. The number of carboxylic acid groups (broad SMARTS) is 1. The monoisotopic (exact) mass is 328 g/mol. The molecule has 22 heavy (non-hydrogen) atoms. The fraction of sp³-hybridized carbons (Fsp3) is 0.250. The Balaban J connectivity index is 2.40. The van der Waals surface area contributed by atoms with E-state index in [-0.39, 0.29) is 11.6 Å². The molecule has 1 heterocycles. The highest BCUT2D eigenvalue weighted by molar-refractivity contribution is 5.85. The molecule has 0 aromatic heterocycles. The van der Waals surface area contributed by atoms with Crippen LogP contribution in [-0.2, 0) is 4.79 Å². The van der Waals surface area contributed by atoms with E-state index >= 15 is 0 Å². The zero-order chi connectivity index (χ0) is 16.8. The van der Waals surface area contributed by atoms with Crippen molar-refractivity contribution in [1.82, 2.24) is 0 Å². The predicted octanol–water partition coefficient (Wildman–Crippen LogP) is 3.38. The predicted molar refractivity (Wildman–Crippen MR) is 59.2 cm³/mol. The minimum absolute atomic E-state index is 0.178. The van der Waals surface area contributed by atoms with E-state index in [1.807, 2.05) is 0 Å². The second kappa shape index (κ2) is 4.82. The summed E-state index contributed by atoms with van der Waals surface area (Å²) in [5.74, 6) is -3.50. The minimum Gasteiger partial charge on any atom is -0.478 e. The summed E-state index contributed by atoms with van der Waals surface area (Å²) in [5.41, 5.74) is -3.77. The summed E-state index contributed by atoms with van der Waals surface area (Å²) < 4.78 is 83.0. The Hall–Kier alpha value is -2.39. The number of carboxylic acids is 1. The van der Waals surface area contributed by atoms with E-state index in [2.05, 4.69) is 9.47 Å². The first-order valence-electron chi connectivity index (χ1n) is 5.53. The van der Waals surface area contributed by atoms with Gasteiger partial charge >= 0.3 is 24.1 Å². The first-order chi connectivity index (χ1) is 9.95. The molecule has 1 aliphatic rings. The average Bonchev–Trinajstić information content (AvgIpc) is 2.34. The Kier molecular flexibility index (Phi) is 3.50. The van der Waals surface area contributed by atoms with Gasteiger partial charge in [0.05, 0.1) is 0 Å². The SMILES string of the molecule is O=C(O)C1(C(F)(F)F)C=Cc2cc(OC(F)(F)F)ccc2O1. The van der Waals surface area contributed by atoms with Gasteiger partial charge in [-0.15, -0.1) is 13.2 Å². The lowest BCUT2D eigenvalue weighted by atomic mass is 9.97. The highest BCUT2D eigenvalue weighted by Gasteiger charge is 2.63. The van der Waals surface area contributed by atoms with Crippen molar-refractivity contribution in [3.8, 4) is 11.5 Å². The van der Waals surface area contributed by atoms with Crippen LogP contribution < -0.4 is 9.47 Å². The summed E-state index contributed by atoms with van der Waals surface area (Å²) in [5, 5.41) is 8.79. The third kappa shape index (κ3) is 2.81. The van der Waals surface area contributed by atoms with Crippen LogP contribution in [0.4, 0.5) is 26.3 Å². The molecule has 0 aliphatic carbocycles. The highest BCUT2D eigenvalue weighted by atomic mass is 19.4. The van der Waals surface area contributed by atoms with Crippen molar-refractivity contribution >= 4 is 12.0 Å². The first-order valence-corrected chi connectivity index (χ1v) is 5.53. The maximum Gasteiger partial charge on any atom is 0.573 e. The number of carbonyl (C=O) groups is 1. The smallest absolute Gasteiger partial charge is 0.478 e. The Morgan fingerprint density at radius 1 is 1.18 bits per heavy atom. The van der Waals surface area contributed by atoms with Crippen LogP contribution in [0.15, 0.2) is 24.3 Å². The number of fused-ring (bicyclic) bond motifs is 1. The number of benzene rings is 1. The molecule has 10 heteroatoms. The lowest BCUT2D eigenvalue weighted by Gasteiger charge is -2.32. The number of aliphatic carboxylic acids is 1. The van der Waals surface area contributed by atoms with E-state index in [4.69, 9.17) is 5.11 Å². The van der Waals surface area contributed by atoms with Gasteiger partial charge < -0.3 is 14.6 Å². The Labute approximate surface area is 118 Å². The molecular formula is C12H6F6O4. The normalized spacial score (nSPS) is 21.0. The number of hydrogen-bond acceptors (Lipinski definition) is 3. The third-order valence-corrected chi connectivity index (χ3v) is 2.72. The van der Waals surface area contributed by atoms with Crippen molar-refractivity contribution < 1.29 is 45.7 Å². The second-order valence-electron chi connectivity index (χ2n) is 4.22. The summed E-state index contributed by atoms with van der Waals surface area (Å²) in [6.45, 7) is 0. The fourth-order valence-electron chi connectivity index (χ4n) is 1.75. The molecule has 0 radical (unpaired) electrons. The van der Waals surface area contributed by atoms with Crippen molar-refractivity contribution in [3.63, 3.8) is 0 Å². The number of alkyl halides is 6. The molecule has 4 nitrogen and oxygen atoms in total. The zero-order valence-electron chi connectivity index (χ0n) is 10.3. The second-order valence-corrected chi connectivity index (χ2v) is 4.22. The molecule has 0 bridgehead atoms. The molecule has 1 atom stereocenters. The molecule has 0 saturated heterocycles. The molecule has 0 saturated carbocycles. The topological polar surface area (TPSA) is 55.8 Å². The van der Waals surface area contributed by atoms with Crippen LogP contribution in [-0.4, -0.2) is 29.2 Å². The lowest BCUT2D eigenvalue weighted by Crippen LogP contribution is -2.56. The van der Waals surface area contributed by atoms with Gasteiger partial charge in [-0.1, -0.05) is 6.08 Å². The number of halogens is 6. The van der Waals surface area contributed by atoms with Gasteiger partial charge in [-0.25, -0.2) is 4.79 Å². The van der Waals surface area contributed by atoms with E-state index in [1.54, 1.807) is 0 Å². The van der Waals surface area contributed by atoms with Crippen LogP contribution in [0.3, 0.4) is 0 Å². The standard InChI is InChI=1S/C12H6F6O4/c13-11(14,15)10(9(19)20)4-3-6-5-7(21-12(16,17)18)1-2-8(6)22-10/h1-5H,(H,19,20). The Morgan fingerprint density at radius 3 is 2.32 bits per heavy atom. The van der Waals surface area contributed by atoms with Gasteiger partial charge in [-0.05, 0) is 24.3 Å². The van der Waals surface area contributed by atoms with Crippen LogP contribution in [0.5, 0.6) is 11.5 Å². The van der Waals surface area contributed by atoms with Crippen LogP contribution in [0.2, 0.25) is 0 Å². The summed E-state index contributed by atoms with van der Waals surface area (Å²) in [6, 6.07) is 2.26. The molecule has 1 aromatic carbocycles. The summed E-state index contributed by atoms with van der Waals surface area (Å²) in [7, 11) is 0. The van der Waals surface area contributed by atoms with Gasteiger partial charge in [-0.3, -0.25) is 0 Å². The van der Waals surface area contributed by atoms with Gasteiger partial charge in [0.1, 0.15) is 11.5 Å². The molecule has 120 valence electrons. The van der Waals surface area contributed by atoms with E-state index < -0.39 is 35.6 Å². The first kappa shape index (κ1) is 16.0. The summed E-state index contributed by atoms with van der Waals surface area (Å²) in [6.07, 6.45) is -9.29. The molecule has 1 aliphatic heterocycles. The van der Waals surface area contributed by atoms with Gasteiger partial charge in [0.2, 0.25) is 0 Å². The summed E-state index contributed by atoms with van der Waals surface area (Å²) >= 11 is 0. The third-order valence-electron chi connectivity index (χ3n) is 2.72. The number of ether oxygens (including phenoxy) is 2. The average molecular weight is 328 g/mol. The van der Waals surface area contributed by atoms with Gasteiger partial charge in [0, 0.05) is 5.56 Å². The Morgan fingerprint density at radius 2 is 1.82 bits per heavy atom. The van der Waals surface area contributed by atoms with Crippen molar-refractivity contribution in [2.75, 3.05) is 0 Å². The van der Waals surface area contributed by atoms with Crippen LogP contribution in [0.25, 0.3) is 6.08 Å². The van der Waals surface area contributed by atoms with E-state index in [0.29, 0.717) is 12.1 Å². The van der Waals surface area contributed by atoms with E-state index in [9.17, 15) is 31.1 Å². The number of hydrogen-bond donors (Lipinski definition) is 1. The molecule has 2 rings (SSSR count). The van der Waals surface area contributed by atoms with Gasteiger partial charge in [0.25, 0.3) is 0 Å². The molecule has 0 spiro atoms. The van der Waals surface area contributed by atoms with Crippen LogP contribution in [0.1, 0.15) is 5.56 Å². The fourth-order valence-corrected chi connectivity index (χ4v) is 1.75. The van der Waals surface area contributed by atoms with Crippen molar-refractivity contribution in [2.45, 2.75) is 18.1 Å². The summed E-state index contributed by atoms with van der Waals surface area (Å²) in [4.78, 5) is 10.9. The van der Waals surface area contributed by atoms with Gasteiger partial charge in [0.15, 0.2) is 0 Å². The van der Waals surface area contributed by atoms with E-state index in [1.165, 1.54) is 0 Å². The largest absolute Gasteiger partial charge is 0.573 e. The molecule has 0 fully saturated rings. The lowest BCUT2D eigenvalue weighted by molar-refractivity contribution is -0.274. The highest BCUT2D eigenvalue weighted by Crippen LogP contribution is 2.42. The van der Waals surface area contributed by atoms with Crippen molar-refractivity contribution in [1.29, 1.82) is 0 Å². The molecule has 1 aromatic rings. The van der Waals surface area contributed by atoms with Crippen molar-refractivity contribution in [2.24, 2.45) is 0 Å². The molecule has 0 amide bonds. The quantitative estimate of drug-likeness (QED) is 0.846. The molecular weight excluding hydrogens is 322 g/mol.